The van der Waals surface area contributed by atoms with Crippen LogP contribution in [0.3, 0.4) is 0 Å². The first-order chi connectivity index (χ1) is 25.3. The van der Waals surface area contributed by atoms with Gasteiger partial charge in [0.15, 0.2) is 0 Å². The van der Waals surface area contributed by atoms with Crippen molar-refractivity contribution in [2.45, 2.75) is 0 Å². The minimum atomic E-state index is 1.16. The van der Waals surface area contributed by atoms with Crippen molar-refractivity contribution in [2.75, 3.05) is 0 Å². The number of fused-ring (bicyclic) bond motifs is 10. The third kappa shape index (κ3) is 4.29. The summed E-state index contributed by atoms with van der Waals surface area (Å²) in [6.45, 7) is 0. The van der Waals surface area contributed by atoms with Crippen molar-refractivity contribution >= 4 is 75.1 Å². The van der Waals surface area contributed by atoms with Crippen molar-refractivity contribution < 1.29 is 0 Å². The number of para-hydroxylation sites is 2. The fourth-order valence-corrected chi connectivity index (χ4v) is 9.33. The van der Waals surface area contributed by atoms with Crippen LogP contribution in [0.4, 0.5) is 0 Å². The van der Waals surface area contributed by atoms with E-state index in [1.54, 1.807) is 0 Å². The van der Waals surface area contributed by atoms with Gasteiger partial charge in [-0.25, -0.2) is 0 Å². The fraction of sp³-hybridized carbons (Fsp3) is 0. The molecule has 0 aliphatic carbocycles. The standard InChI is InChI=1S/C48H30N2S/c1-2-10-31(11-3-1)34-22-27-39-44(30-34)50(43-28-29-46-48(47(39)43)40-14-6-9-17-45(40)51-46)36-25-20-33(21-26-36)32-18-23-35(24-19-32)49-41-15-7-4-12-37(41)38-13-5-8-16-42(38)49/h1-30H. The molecule has 3 heterocycles. The number of rotatable bonds is 4. The molecule has 11 aromatic rings. The molecule has 3 aromatic heterocycles. The van der Waals surface area contributed by atoms with Gasteiger partial charge in [-0.15, -0.1) is 11.3 Å². The lowest BCUT2D eigenvalue weighted by Gasteiger charge is -2.12. The molecule has 0 N–H and O–H groups in total. The van der Waals surface area contributed by atoms with Crippen molar-refractivity contribution in [3.63, 3.8) is 0 Å². The van der Waals surface area contributed by atoms with E-state index in [4.69, 9.17) is 0 Å². The van der Waals surface area contributed by atoms with Crippen LogP contribution in [0.1, 0.15) is 0 Å². The van der Waals surface area contributed by atoms with E-state index >= 15 is 0 Å². The molecule has 0 spiro atoms. The molecule has 8 aromatic carbocycles. The van der Waals surface area contributed by atoms with E-state index in [9.17, 15) is 0 Å². The summed E-state index contributed by atoms with van der Waals surface area (Å²) in [6.07, 6.45) is 0. The smallest absolute Gasteiger partial charge is 0.0548 e. The Kier molecular flexibility index (Phi) is 6.16. The van der Waals surface area contributed by atoms with E-state index in [1.165, 1.54) is 91.7 Å². The maximum Gasteiger partial charge on any atom is 0.0548 e. The van der Waals surface area contributed by atoms with Crippen LogP contribution in [0.15, 0.2) is 182 Å². The second-order valence-electron chi connectivity index (χ2n) is 13.3. The highest BCUT2D eigenvalue weighted by Gasteiger charge is 2.19. The molecule has 238 valence electrons. The number of nitrogens with zero attached hydrogens (tertiary/aromatic N) is 2. The summed E-state index contributed by atoms with van der Waals surface area (Å²) < 4.78 is 7.49. The highest BCUT2D eigenvalue weighted by Crippen LogP contribution is 2.44. The Bertz CT molecular complexity index is 3050. The summed E-state index contributed by atoms with van der Waals surface area (Å²) in [5.41, 5.74) is 12.1. The Labute approximate surface area is 298 Å². The van der Waals surface area contributed by atoms with Gasteiger partial charge in [0.2, 0.25) is 0 Å². The van der Waals surface area contributed by atoms with E-state index in [1.807, 2.05) is 11.3 Å². The number of hydrogen-bond donors (Lipinski definition) is 0. The highest BCUT2D eigenvalue weighted by atomic mass is 32.1. The number of aromatic nitrogens is 2. The molecule has 0 unspecified atom stereocenters. The predicted octanol–water partition coefficient (Wildman–Crippen LogP) is 13.6. The van der Waals surface area contributed by atoms with E-state index < -0.39 is 0 Å². The molecule has 11 rings (SSSR count). The van der Waals surface area contributed by atoms with Crippen molar-refractivity contribution in [3.8, 4) is 33.6 Å². The maximum atomic E-state index is 2.46. The summed E-state index contributed by atoms with van der Waals surface area (Å²) in [7, 11) is 0. The zero-order valence-electron chi connectivity index (χ0n) is 27.6. The lowest BCUT2D eigenvalue weighted by atomic mass is 10.0. The fourth-order valence-electron chi connectivity index (χ4n) is 8.22. The second kappa shape index (κ2) is 11.0. The van der Waals surface area contributed by atoms with Gasteiger partial charge < -0.3 is 9.13 Å². The van der Waals surface area contributed by atoms with Crippen LogP contribution in [0.25, 0.3) is 97.4 Å². The quantitative estimate of drug-likeness (QED) is 0.177. The molecule has 0 amide bonds. The normalized spacial score (nSPS) is 11.9. The van der Waals surface area contributed by atoms with E-state index in [0.29, 0.717) is 0 Å². The van der Waals surface area contributed by atoms with Crippen molar-refractivity contribution in [2.24, 2.45) is 0 Å². The molecule has 0 saturated carbocycles. The van der Waals surface area contributed by atoms with E-state index in [-0.39, 0.29) is 0 Å². The molecule has 2 nitrogen and oxygen atoms in total. The lowest BCUT2D eigenvalue weighted by Crippen LogP contribution is -1.95. The molecular weight excluding hydrogens is 637 g/mol. The largest absolute Gasteiger partial charge is 0.309 e. The molecule has 0 fully saturated rings. The van der Waals surface area contributed by atoms with Gasteiger partial charge in [0, 0.05) is 53.1 Å². The van der Waals surface area contributed by atoms with E-state index in [2.05, 4.69) is 191 Å². The Hall–Kier alpha value is -6.42. The summed E-state index contributed by atoms with van der Waals surface area (Å²) in [6, 6.07) is 66.6. The second-order valence-corrected chi connectivity index (χ2v) is 14.4. The number of hydrogen-bond acceptors (Lipinski definition) is 1. The maximum absolute atomic E-state index is 2.46. The van der Waals surface area contributed by atoms with Gasteiger partial charge in [0.1, 0.15) is 0 Å². The Morgan fingerprint density at radius 1 is 0.294 bits per heavy atom. The Morgan fingerprint density at radius 3 is 1.49 bits per heavy atom. The van der Waals surface area contributed by atoms with Gasteiger partial charge in [-0.05, 0) is 82.9 Å². The summed E-state index contributed by atoms with van der Waals surface area (Å²) in [5.74, 6) is 0. The van der Waals surface area contributed by atoms with Crippen LogP contribution < -0.4 is 0 Å². The van der Waals surface area contributed by atoms with E-state index in [0.717, 1.165) is 5.69 Å². The molecule has 0 radical (unpaired) electrons. The molecule has 0 atom stereocenters. The average molecular weight is 667 g/mol. The minimum absolute atomic E-state index is 1.16. The predicted molar refractivity (Wildman–Crippen MR) is 219 cm³/mol. The van der Waals surface area contributed by atoms with Gasteiger partial charge in [-0.2, -0.15) is 0 Å². The first-order valence-corrected chi connectivity index (χ1v) is 18.3. The van der Waals surface area contributed by atoms with Gasteiger partial charge in [-0.3, -0.25) is 0 Å². The molecule has 0 saturated heterocycles. The Balaban J connectivity index is 1.05. The topological polar surface area (TPSA) is 9.86 Å². The van der Waals surface area contributed by atoms with Crippen LogP contribution in [0.5, 0.6) is 0 Å². The van der Waals surface area contributed by atoms with Crippen molar-refractivity contribution in [3.05, 3.63) is 182 Å². The van der Waals surface area contributed by atoms with Crippen LogP contribution in [0.2, 0.25) is 0 Å². The summed E-state index contributed by atoms with van der Waals surface area (Å²) in [5, 5.41) is 7.84. The van der Waals surface area contributed by atoms with Crippen LogP contribution >= 0.6 is 11.3 Å². The molecular formula is C48H30N2S. The first kappa shape index (κ1) is 28.4. The SMILES string of the molecule is c1ccc(-c2ccc3c4c5c(ccc4n(-c4ccc(-c6ccc(-n7c8ccccc8c8ccccc87)cc6)cc4)c3c2)sc2ccccc25)cc1. The van der Waals surface area contributed by atoms with Crippen molar-refractivity contribution in [1.82, 2.24) is 9.13 Å². The monoisotopic (exact) mass is 666 g/mol. The summed E-state index contributed by atoms with van der Waals surface area (Å²) >= 11 is 1.88. The molecule has 51 heavy (non-hydrogen) atoms. The molecule has 0 aliphatic heterocycles. The zero-order valence-corrected chi connectivity index (χ0v) is 28.4. The summed E-state index contributed by atoms with van der Waals surface area (Å²) in [4.78, 5) is 0. The molecule has 0 aliphatic rings. The molecule has 3 heteroatoms. The zero-order chi connectivity index (χ0) is 33.5. The van der Waals surface area contributed by atoms with Crippen LogP contribution in [-0.4, -0.2) is 9.13 Å². The number of thiophene rings is 1. The van der Waals surface area contributed by atoms with Gasteiger partial charge in [0.25, 0.3) is 0 Å². The third-order valence-electron chi connectivity index (χ3n) is 10.5. The molecule has 0 bridgehead atoms. The first-order valence-electron chi connectivity index (χ1n) is 17.4. The average Bonchev–Trinajstić information content (AvgIpc) is 3.86. The minimum Gasteiger partial charge on any atom is -0.309 e. The third-order valence-corrected chi connectivity index (χ3v) is 11.7. The van der Waals surface area contributed by atoms with Gasteiger partial charge in [-0.1, -0.05) is 121 Å². The van der Waals surface area contributed by atoms with Crippen LogP contribution in [-0.2, 0) is 0 Å². The number of benzene rings is 8. The van der Waals surface area contributed by atoms with Crippen LogP contribution in [0, 0.1) is 0 Å². The highest BCUT2D eigenvalue weighted by molar-refractivity contribution is 7.26. The van der Waals surface area contributed by atoms with Crippen molar-refractivity contribution in [1.29, 1.82) is 0 Å². The van der Waals surface area contributed by atoms with Gasteiger partial charge in [0.05, 0.1) is 22.1 Å². The van der Waals surface area contributed by atoms with Gasteiger partial charge >= 0.3 is 0 Å². The Morgan fingerprint density at radius 2 is 0.824 bits per heavy atom. The lowest BCUT2D eigenvalue weighted by molar-refractivity contribution is 1.18.